The van der Waals surface area contributed by atoms with E-state index in [0.29, 0.717) is 16.9 Å². The lowest BCUT2D eigenvalue weighted by Crippen LogP contribution is -2.17. The maximum atomic E-state index is 12.3. The fraction of sp³-hybridized carbons (Fsp3) is 0.300. The van der Waals surface area contributed by atoms with Gasteiger partial charge in [-0.2, -0.15) is 0 Å². The monoisotopic (exact) mass is 371 g/mol. The maximum absolute atomic E-state index is 12.3. The Labute approximate surface area is 157 Å². The number of ether oxygens (including phenoxy) is 2. The fourth-order valence-corrected chi connectivity index (χ4v) is 2.61. The third kappa shape index (κ3) is 4.69. The molecule has 0 saturated heterocycles. The Kier molecular flexibility index (Phi) is 5.95. The summed E-state index contributed by atoms with van der Waals surface area (Å²) in [7, 11) is 1.44. The lowest BCUT2D eigenvalue weighted by atomic mass is 9.85. The number of para-hydroxylation sites is 1. The van der Waals surface area contributed by atoms with Crippen LogP contribution in [0.2, 0.25) is 0 Å². The molecule has 2 aromatic carbocycles. The van der Waals surface area contributed by atoms with Crippen LogP contribution in [0.3, 0.4) is 0 Å². The fourth-order valence-electron chi connectivity index (χ4n) is 2.61. The number of nitro groups is 1. The number of benzene rings is 2. The van der Waals surface area contributed by atoms with Crippen LogP contribution in [-0.2, 0) is 10.2 Å². The quantitative estimate of drug-likeness (QED) is 0.330. The van der Waals surface area contributed by atoms with Crippen molar-refractivity contribution in [2.75, 3.05) is 13.7 Å². The van der Waals surface area contributed by atoms with Crippen LogP contribution in [0, 0.1) is 10.1 Å². The second-order valence-electron chi connectivity index (χ2n) is 6.94. The number of nitrogens with zero attached hydrogens (tertiary/aromatic N) is 1. The largest absolute Gasteiger partial charge is 0.496 e. The van der Waals surface area contributed by atoms with Crippen molar-refractivity contribution in [1.82, 2.24) is 0 Å². The second-order valence-corrected chi connectivity index (χ2v) is 6.94. The summed E-state index contributed by atoms with van der Waals surface area (Å²) in [5.74, 6) is -0.855. The van der Waals surface area contributed by atoms with Gasteiger partial charge in [0.05, 0.1) is 23.2 Å². The number of ketones is 1. The molecule has 0 atom stereocenters. The minimum absolute atomic E-state index is 0.0162. The zero-order chi connectivity index (χ0) is 20.2. The van der Waals surface area contributed by atoms with Crippen LogP contribution < -0.4 is 4.74 Å². The van der Waals surface area contributed by atoms with Gasteiger partial charge in [-0.05, 0) is 23.6 Å². The zero-order valence-electron chi connectivity index (χ0n) is 15.6. The summed E-state index contributed by atoms with van der Waals surface area (Å²) in [6.07, 6.45) is 0. The van der Waals surface area contributed by atoms with E-state index in [0.717, 1.165) is 0 Å². The number of esters is 1. The number of hydrogen-bond donors (Lipinski definition) is 0. The van der Waals surface area contributed by atoms with Gasteiger partial charge in [-0.15, -0.1) is 0 Å². The van der Waals surface area contributed by atoms with E-state index >= 15 is 0 Å². The van der Waals surface area contributed by atoms with E-state index in [9.17, 15) is 19.7 Å². The van der Waals surface area contributed by atoms with Gasteiger partial charge in [0, 0.05) is 11.6 Å². The number of rotatable bonds is 6. The Balaban J connectivity index is 2.18. The van der Waals surface area contributed by atoms with Crippen molar-refractivity contribution in [3.63, 3.8) is 0 Å². The Morgan fingerprint density at radius 1 is 1.11 bits per heavy atom. The molecule has 0 amide bonds. The van der Waals surface area contributed by atoms with Crippen LogP contribution in [0.15, 0.2) is 42.5 Å². The van der Waals surface area contributed by atoms with Crippen LogP contribution in [0.4, 0.5) is 5.69 Å². The second kappa shape index (κ2) is 7.99. The van der Waals surface area contributed by atoms with E-state index in [4.69, 9.17) is 9.47 Å². The Morgan fingerprint density at radius 2 is 1.78 bits per heavy atom. The summed E-state index contributed by atoms with van der Waals surface area (Å²) in [5.41, 5.74) is 0.205. The molecule has 0 saturated carbocycles. The van der Waals surface area contributed by atoms with Crippen molar-refractivity contribution in [2.24, 2.45) is 0 Å². The normalized spacial score (nSPS) is 11.0. The standard InChI is InChI=1S/C20H21NO6/c1-20(2,3)15-10-9-13(11-16(15)21(24)25)19(23)27-12-17(22)14-7-5-6-8-18(14)26-4/h5-11H,12H2,1-4H3. The number of methoxy groups -OCH3 is 1. The van der Waals surface area contributed by atoms with Crippen molar-refractivity contribution in [1.29, 1.82) is 0 Å². The van der Waals surface area contributed by atoms with E-state index in [2.05, 4.69) is 0 Å². The van der Waals surface area contributed by atoms with Crippen LogP contribution >= 0.6 is 0 Å². The Bertz CT molecular complexity index is 882. The Hall–Kier alpha value is -3.22. The SMILES string of the molecule is COc1ccccc1C(=O)COC(=O)c1ccc(C(C)(C)C)c([N+](=O)[O-])c1. The minimum atomic E-state index is -0.804. The highest BCUT2D eigenvalue weighted by Crippen LogP contribution is 2.32. The van der Waals surface area contributed by atoms with Crippen molar-refractivity contribution < 1.29 is 24.0 Å². The van der Waals surface area contributed by atoms with Crippen molar-refractivity contribution >= 4 is 17.4 Å². The van der Waals surface area contributed by atoms with Gasteiger partial charge in [-0.25, -0.2) is 4.79 Å². The first-order valence-electron chi connectivity index (χ1n) is 8.27. The number of hydrogen-bond acceptors (Lipinski definition) is 6. The molecule has 142 valence electrons. The highest BCUT2D eigenvalue weighted by molar-refractivity contribution is 6.01. The van der Waals surface area contributed by atoms with Gasteiger partial charge in [-0.1, -0.05) is 39.0 Å². The number of carbonyl (C=O) groups excluding carboxylic acids is 2. The summed E-state index contributed by atoms with van der Waals surface area (Å²) in [4.78, 5) is 35.3. The predicted octanol–water partition coefficient (Wildman–Crippen LogP) is 3.94. The van der Waals surface area contributed by atoms with Crippen molar-refractivity contribution in [3.05, 3.63) is 69.3 Å². The molecule has 0 spiro atoms. The molecule has 2 aromatic rings. The van der Waals surface area contributed by atoms with Gasteiger partial charge in [0.25, 0.3) is 5.69 Å². The van der Waals surface area contributed by atoms with Gasteiger partial charge in [0.2, 0.25) is 5.78 Å². The van der Waals surface area contributed by atoms with Crippen molar-refractivity contribution in [2.45, 2.75) is 26.2 Å². The zero-order valence-corrected chi connectivity index (χ0v) is 15.6. The molecule has 0 N–H and O–H groups in total. The van der Waals surface area contributed by atoms with E-state index in [1.807, 2.05) is 20.8 Å². The first-order chi connectivity index (χ1) is 12.6. The maximum Gasteiger partial charge on any atom is 0.338 e. The first kappa shape index (κ1) is 20.1. The molecule has 0 aliphatic heterocycles. The molecule has 0 unspecified atom stereocenters. The van der Waals surface area contributed by atoms with Crippen LogP contribution in [-0.4, -0.2) is 30.4 Å². The van der Waals surface area contributed by atoms with Gasteiger partial charge < -0.3 is 9.47 Å². The molecule has 0 aliphatic rings. The van der Waals surface area contributed by atoms with Gasteiger partial charge in [0.1, 0.15) is 5.75 Å². The molecule has 7 heteroatoms. The summed E-state index contributed by atoms with van der Waals surface area (Å²) >= 11 is 0. The lowest BCUT2D eigenvalue weighted by Gasteiger charge is -2.19. The van der Waals surface area contributed by atoms with E-state index < -0.39 is 28.7 Å². The summed E-state index contributed by atoms with van der Waals surface area (Å²) in [6.45, 7) is 5.05. The predicted molar refractivity (Wildman–Crippen MR) is 99.4 cm³/mol. The molecule has 0 radical (unpaired) electrons. The van der Waals surface area contributed by atoms with Gasteiger partial charge in [0.15, 0.2) is 6.61 Å². The number of nitro benzene ring substituents is 1. The number of Topliss-reactive ketones (excluding diaryl/α,β-unsaturated/α-hetero) is 1. The Morgan fingerprint density at radius 3 is 2.37 bits per heavy atom. The third-order valence-electron chi connectivity index (χ3n) is 3.98. The molecule has 27 heavy (non-hydrogen) atoms. The average molecular weight is 371 g/mol. The highest BCUT2D eigenvalue weighted by atomic mass is 16.6. The van der Waals surface area contributed by atoms with Crippen LogP contribution in [0.1, 0.15) is 47.1 Å². The molecular formula is C20H21NO6. The van der Waals surface area contributed by atoms with E-state index in [-0.39, 0.29) is 11.3 Å². The summed E-state index contributed by atoms with van der Waals surface area (Å²) < 4.78 is 10.1. The van der Waals surface area contributed by atoms with Crippen molar-refractivity contribution in [3.8, 4) is 5.75 Å². The average Bonchev–Trinajstić information content (AvgIpc) is 2.64. The highest BCUT2D eigenvalue weighted by Gasteiger charge is 2.26. The third-order valence-corrected chi connectivity index (χ3v) is 3.98. The van der Waals surface area contributed by atoms with Crippen LogP contribution in [0.25, 0.3) is 0 Å². The van der Waals surface area contributed by atoms with Gasteiger partial charge >= 0.3 is 5.97 Å². The van der Waals surface area contributed by atoms with Gasteiger partial charge in [-0.3, -0.25) is 14.9 Å². The molecule has 0 fully saturated rings. The summed E-state index contributed by atoms with van der Waals surface area (Å²) in [5, 5.41) is 11.4. The molecule has 7 nitrogen and oxygen atoms in total. The van der Waals surface area contributed by atoms with E-state index in [1.165, 1.54) is 25.3 Å². The van der Waals surface area contributed by atoms with Crippen LogP contribution in [0.5, 0.6) is 5.75 Å². The topological polar surface area (TPSA) is 95.7 Å². The lowest BCUT2D eigenvalue weighted by molar-refractivity contribution is -0.386. The molecule has 0 heterocycles. The smallest absolute Gasteiger partial charge is 0.338 e. The molecule has 0 aliphatic carbocycles. The number of carbonyl (C=O) groups is 2. The molecule has 2 rings (SSSR count). The minimum Gasteiger partial charge on any atom is -0.496 e. The summed E-state index contributed by atoms with van der Waals surface area (Å²) in [6, 6.07) is 10.8. The molecule has 0 aromatic heterocycles. The first-order valence-corrected chi connectivity index (χ1v) is 8.27. The molecule has 0 bridgehead atoms. The van der Waals surface area contributed by atoms with E-state index in [1.54, 1.807) is 24.3 Å². The molecular weight excluding hydrogens is 350 g/mol.